The Morgan fingerprint density at radius 1 is 1.07 bits per heavy atom. The Hall–Kier alpha value is -1.90. The maximum absolute atomic E-state index is 4.15. The minimum Gasteiger partial charge on any atom is -0.197 e. The molecule has 0 radical (unpaired) electrons. The van der Waals surface area contributed by atoms with Gasteiger partial charge < -0.3 is 0 Å². The quantitative estimate of drug-likeness (QED) is 0.581. The number of rotatable bonds is 0. The molecule has 2 aromatic carbocycles. The fourth-order valence-electron chi connectivity index (χ4n) is 1.85. The molecule has 3 nitrogen and oxygen atoms in total. The molecule has 0 atom stereocenters. The zero-order valence-corrected chi connectivity index (χ0v) is 7.78. The fourth-order valence-corrected chi connectivity index (χ4v) is 1.85. The van der Waals surface area contributed by atoms with Crippen LogP contribution in [0.15, 0.2) is 30.3 Å². The van der Waals surface area contributed by atoms with Gasteiger partial charge in [0.25, 0.3) is 0 Å². The molecule has 0 saturated heterocycles. The highest BCUT2D eigenvalue weighted by molar-refractivity contribution is 6.05. The summed E-state index contributed by atoms with van der Waals surface area (Å²) in [6, 6.07) is 10.3. The highest BCUT2D eigenvalue weighted by Gasteiger charge is 2.05. The normalized spacial score (nSPS) is 11.2. The van der Waals surface area contributed by atoms with Crippen LogP contribution in [0.4, 0.5) is 0 Å². The third-order valence-corrected chi connectivity index (χ3v) is 2.54. The van der Waals surface area contributed by atoms with Gasteiger partial charge in [-0.3, -0.25) is 0 Å². The van der Waals surface area contributed by atoms with Crippen molar-refractivity contribution >= 4 is 21.8 Å². The topological polar surface area (TPSA) is 41.6 Å². The maximum Gasteiger partial charge on any atom is 0.120 e. The SMILES string of the molecule is Cc1cc2n[nH]nc2c2ccccc12. The minimum atomic E-state index is 0.932. The smallest absolute Gasteiger partial charge is 0.120 e. The molecule has 0 aliphatic heterocycles. The van der Waals surface area contributed by atoms with Crippen LogP contribution in [0.5, 0.6) is 0 Å². The molecule has 1 N–H and O–H groups in total. The summed E-state index contributed by atoms with van der Waals surface area (Å²) in [5.41, 5.74) is 3.12. The summed E-state index contributed by atoms with van der Waals surface area (Å²) in [6.07, 6.45) is 0. The Morgan fingerprint density at radius 2 is 1.86 bits per heavy atom. The van der Waals surface area contributed by atoms with Gasteiger partial charge in [0.2, 0.25) is 0 Å². The van der Waals surface area contributed by atoms with Crippen molar-refractivity contribution in [3.05, 3.63) is 35.9 Å². The van der Waals surface area contributed by atoms with Crippen LogP contribution in [0.3, 0.4) is 0 Å². The van der Waals surface area contributed by atoms with Gasteiger partial charge in [-0.1, -0.05) is 24.3 Å². The summed E-state index contributed by atoms with van der Waals surface area (Å²) < 4.78 is 0. The minimum absolute atomic E-state index is 0.932. The number of H-pyrrole nitrogens is 1. The fraction of sp³-hybridized carbons (Fsp3) is 0.0909. The van der Waals surface area contributed by atoms with Gasteiger partial charge >= 0.3 is 0 Å². The monoisotopic (exact) mass is 183 g/mol. The molecule has 0 fully saturated rings. The van der Waals surface area contributed by atoms with Crippen molar-refractivity contribution in [2.75, 3.05) is 0 Å². The predicted molar refractivity (Wildman–Crippen MR) is 56.1 cm³/mol. The summed E-state index contributed by atoms with van der Waals surface area (Å²) in [6.45, 7) is 2.09. The van der Waals surface area contributed by atoms with Crippen molar-refractivity contribution in [1.29, 1.82) is 0 Å². The summed E-state index contributed by atoms with van der Waals surface area (Å²) in [7, 11) is 0. The van der Waals surface area contributed by atoms with E-state index in [4.69, 9.17) is 0 Å². The first-order valence-electron chi connectivity index (χ1n) is 4.55. The Bertz CT molecular complexity index is 610. The lowest BCUT2D eigenvalue weighted by molar-refractivity contribution is 0.960. The van der Waals surface area contributed by atoms with Gasteiger partial charge in [0.1, 0.15) is 11.0 Å². The third kappa shape index (κ3) is 0.865. The first-order chi connectivity index (χ1) is 6.86. The predicted octanol–water partition coefficient (Wildman–Crippen LogP) is 2.42. The molecule has 68 valence electrons. The standard InChI is InChI=1S/C11H9N3/c1-7-6-10-11(13-14-12-10)9-5-3-2-4-8(7)9/h2-6H,1H3,(H,12,13,14). The number of aromatic nitrogens is 3. The molecular formula is C11H9N3. The number of fused-ring (bicyclic) bond motifs is 3. The molecule has 3 heteroatoms. The van der Waals surface area contributed by atoms with Crippen molar-refractivity contribution in [2.45, 2.75) is 6.92 Å². The Balaban J connectivity index is 2.67. The molecule has 3 rings (SSSR count). The zero-order valence-electron chi connectivity index (χ0n) is 7.78. The van der Waals surface area contributed by atoms with E-state index in [2.05, 4.69) is 40.5 Å². The molecule has 14 heavy (non-hydrogen) atoms. The van der Waals surface area contributed by atoms with Gasteiger partial charge in [-0.2, -0.15) is 15.4 Å². The molecule has 1 aromatic heterocycles. The van der Waals surface area contributed by atoms with Crippen molar-refractivity contribution in [1.82, 2.24) is 15.4 Å². The number of hydrogen-bond acceptors (Lipinski definition) is 2. The first kappa shape index (κ1) is 7.50. The van der Waals surface area contributed by atoms with Gasteiger partial charge in [-0.15, -0.1) is 0 Å². The number of aryl methyl sites for hydroxylation is 1. The first-order valence-corrected chi connectivity index (χ1v) is 4.55. The Morgan fingerprint density at radius 3 is 2.71 bits per heavy atom. The highest BCUT2D eigenvalue weighted by Crippen LogP contribution is 2.24. The molecule has 0 bridgehead atoms. The largest absolute Gasteiger partial charge is 0.197 e. The number of benzene rings is 2. The van der Waals surface area contributed by atoms with E-state index in [1.165, 1.54) is 10.9 Å². The molecule has 0 aliphatic rings. The van der Waals surface area contributed by atoms with E-state index in [-0.39, 0.29) is 0 Å². The lowest BCUT2D eigenvalue weighted by Gasteiger charge is -2.00. The van der Waals surface area contributed by atoms with Gasteiger partial charge in [0.05, 0.1) is 0 Å². The van der Waals surface area contributed by atoms with E-state index in [1.54, 1.807) is 0 Å². The van der Waals surface area contributed by atoms with Gasteiger partial charge in [0.15, 0.2) is 0 Å². The lowest BCUT2D eigenvalue weighted by atomic mass is 10.0. The van der Waals surface area contributed by atoms with Crippen LogP contribution in [-0.2, 0) is 0 Å². The van der Waals surface area contributed by atoms with Crippen molar-refractivity contribution in [3.63, 3.8) is 0 Å². The van der Waals surface area contributed by atoms with Crippen LogP contribution in [0.25, 0.3) is 21.8 Å². The second-order valence-electron chi connectivity index (χ2n) is 3.43. The Labute approximate surface area is 80.7 Å². The molecule has 0 saturated carbocycles. The number of aromatic amines is 1. The third-order valence-electron chi connectivity index (χ3n) is 2.54. The van der Waals surface area contributed by atoms with E-state index in [1.807, 2.05) is 12.1 Å². The Kier molecular flexibility index (Phi) is 1.36. The van der Waals surface area contributed by atoms with Gasteiger partial charge in [0, 0.05) is 5.39 Å². The average molecular weight is 183 g/mol. The van der Waals surface area contributed by atoms with Crippen LogP contribution >= 0.6 is 0 Å². The number of nitrogens with one attached hydrogen (secondary N) is 1. The van der Waals surface area contributed by atoms with E-state index in [9.17, 15) is 0 Å². The molecule has 0 unspecified atom stereocenters. The average Bonchev–Trinajstić information content (AvgIpc) is 2.66. The van der Waals surface area contributed by atoms with Crippen LogP contribution in [0.1, 0.15) is 5.56 Å². The molecule has 0 amide bonds. The maximum atomic E-state index is 4.15. The van der Waals surface area contributed by atoms with Crippen LogP contribution in [0, 0.1) is 6.92 Å². The summed E-state index contributed by atoms with van der Waals surface area (Å²) in [5, 5.41) is 13.3. The van der Waals surface area contributed by atoms with Crippen molar-refractivity contribution in [3.8, 4) is 0 Å². The number of hydrogen-bond donors (Lipinski definition) is 1. The molecule has 0 aliphatic carbocycles. The lowest BCUT2D eigenvalue weighted by Crippen LogP contribution is -1.80. The van der Waals surface area contributed by atoms with Crippen LogP contribution in [-0.4, -0.2) is 15.4 Å². The number of nitrogens with zero attached hydrogens (tertiary/aromatic N) is 2. The van der Waals surface area contributed by atoms with Gasteiger partial charge in [-0.05, 0) is 23.9 Å². The van der Waals surface area contributed by atoms with Crippen molar-refractivity contribution < 1.29 is 0 Å². The zero-order chi connectivity index (χ0) is 9.54. The second-order valence-corrected chi connectivity index (χ2v) is 3.43. The summed E-state index contributed by atoms with van der Waals surface area (Å²) >= 11 is 0. The molecular weight excluding hydrogens is 174 g/mol. The van der Waals surface area contributed by atoms with Gasteiger partial charge in [-0.25, -0.2) is 0 Å². The van der Waals surface area contributed by atoms with E-state index in [0.717, 1.165) is 16.4 Å². The van der Waals surface area contributed by atoms with E-state index >= 15 is 0 Å². The molecule has 3 aromatic rings. The van der Waals surface area contributed by atoms with Crippen LogP contribution < -0.4 is 0 Å². The molecule has 1 heterocycles. The highest BCUT2D eigenvalue weighted by atomic mass is 15.3. The van der Waals surface area contributed by atoms with Crippen LogP contribution in [0.2, 0.25) is 0 Å². The molecule has 0 spiro atoms. The summed E-state index contributed by atoms with van der Waals surface area (Å²) in [4.78, 5) is 0. The van der Waals surface area contributed by atoms with Crippen molar-refractivity contribution in [2.24, 2.45) is 0 Å². The second kappa shape index (κ2) is 2.54. The van der Waals surface area contributed by atoms with E-state index < -0.39 is 0 Å². The summed E-state index contributed by atoms with van der Waals surface area (Å²) in [5.74, 6) is 0. The van der Waals surface area contributed by atoms with E-state index in [0.29, 0.717) is 0 Å².